The lowest BCUT2D eigenvalue weighted by molar-refractivity contribution is -0.123. The molecule has 0 atom stereocenters. The Hall–Kier alpha value is -3.40. The summed E-state index contributed by atoms with van der Waals surface area (Å²) in [6.07, 6.45) is 0. The van der Waals surface area contributed by atoms with Gasteiger partial charge in [0.25, 0.3) is 5.91 Å². The fourth-order valence-electron chi connectivity index (χ4n) is 2.29. The number of carbonyl (C=O) groups is 1. The van der Waals surface area contributed by atoms with Crippen molar-refractivity contribution in [2.24, 2.45) is 0 Å². The van der Waals surface area contributed by atoms with Crippen LogP contribution >= 0.6 is 0 Å². The van der Waals surface area contributed by atoms with E-state index in [0.29, 0.717) is 28.6 Å². The van der Waals surface area contributed by atoms with E-state index in [9.17, 15) is 4.79 Å². The third-order valence-corrected chi connectivity index (χ3v) is 3.55. The Kier molecular flexibility index (Phi) is 6.68. The van der Waals surface area contributed by atoms with Crippen molar-refractivity contribution in [3.8, 4) is 29.1 Å². The number of hydrogen-bond acceptors (Lipinski definition) is 6. The van der Waals surface area contributed by atoms with Gasteiger partial charge in [-0.3, -0.25) is 4.79 Å². The lowest BCUT2D eigenvalue weighted by Crippen LogP contribution is -2.28. The van der Waals surface area contributed by atoms with Crippen LogP contribution in [0.1, 0.15) is 11.1 Å². The molecule has 26 heavy (non-hydrogen) atoms. The highest BCUT2D eigenvalue weighted by Gasteiger charge is 2.13. The maximum Gasteiger partial charge on any atom is 0.258 e. The van der Waals surface area contributed by atoms with Crippen LogP contribution in [-0.4, -0.2) is 33.8 Å². The summed E-state index contributed by atoms with van der Waals surface area (Å²) in [5, 5.41) is 11.6. The minimum atomic E-state index is -0.291. The second-order valence-electron chi connectivity index (χ2n) is 5.24. The summed E-state index contributed by atoms with van der Waals surface area (Å²) in [7, 11) is 4.59. The summed E-state index contributed by atoms with van der Waals surface area (Å²) < 4.78 is 21.2. The van der Waals surface area contributed by atoms with Gasteiger partial charge in [-0.1, -0.05) is 6.07 Å². The van der Waals surface area contributed by atoms with Gasteiger partial charge in [0, 0.05) is 6.54 Å². The molecular formula is C19H20N2O5. The zero-order valence-electron chi connectivity index (χ0n) is 14.9. The van der Waals surface area contributed by atoms with E-state index in [1.54, 1.807) is 36.4 Å². The van der Waals surface area contributed by atoms with Gasteiger partial charge in [0.15, 0.2) is 18.1 Å². The minimum Gasteiger partial charge on any atom is -0.493 e. The number of nitrogens with one attached hydrogen (secondary N) is 1. The Morgan fingerprint density at radius 2 is 1.77 bits per heavy atom. The fourth-order valence-corrected chi connectivity index (χ4v) is 2.29. The molecule has 1 amide bonds. The zero-order valence-corrected chi connectivity index (χ0v) is 14.9. The first-order chi connectivity index (χ1) is 12.6. The average molecular weight is 356 g/mol. The number of carbonyl (C=O) groups excluding carboxylic acids is 1. The Morgan fingerprint density at radius 1 is 1.08 bits per heavy atom. The predicted molar refractivity (Wildman–Crippen MR) is 94.6 cm³/mol. The molecule has 2 aromatic rings. The molecule has 1 N–H and O–H groups in total. The third kappa shape index (κ3) is 4.80. The van der Waals surface area contributed by atoms with E-state index >= 15 is 0 Å². The molecule has 0 saturated carbocycles. The van der Waals surface area contributed by atoms with Crippen LogP contribution in [0.2, 0.25) is 0 Å². The fraction of sp³-hybridized carbons (Fsp3) is 0.263. The SMILES string of the molecule is COc1cc(CNC(=O)COc2cccc(C#N)c2)cc(OC)c1OC. The van der Waals surface area contributed by atoms with Gasteiger partial charge in [-0.2, -0.15) is 5.26 Å². The highest BCUT2D eigenvalue weighted by molar-refractivity contribution is 5.77. The van der Waals surface area contributed by atoms with Gasteiger partial charge in [0.1, 0.15) is 5.75 Å². The van der Waals surface area contributed by atoms with Gasteiger partial charge in [-0.15, -0.1) is 0 Å². The predicted octanol–water partition coefficient (Wildman–Crippen LogP) is 2.28. The number of amides is 1. The van der Waals surface area contributed by atoms with Crippen molar-refractivity contribution in [2.75, 3.05) is 27.9 Å². The summed E-state index contributed by atoms with van der Waals surface area (Å²) in [6, 6.07) is 12.2. The molecule has 0 radical (unpaired) electrons. The lowest BCUT2D eigenvalue weighted by atomic mass is 10.1. The van der Waals surface area contributed by atoms with Crippen molar-refractivity contribution < 1.29 is 23.7 Å². The smallest absolute Gasteiger partial charge is 0.258 e. The second kappa shape index (κ2) is 9.18. The van der Waals surface area contributed by atoms with E-state index in [1.807, 2.05) is 6.07 Å². The number of nitrogens with zero attached hydrogens (tertiary/aromatic N) is 1. The van der Waals surface area contributed by atoms with Crippen molar-refractivity contribution in [2.45, 2.75) is 6.54 Å². The highest BCUT2D eigenvalue weighted by Crippen LogP contribution is 2.38. The summed E-state index contributed by atoms with van der Waals surface area (Å²) in [5.41, 5.74) is 1.26. The van der Waals surface area contributed by atoms with E-state index in [4.69, 9.17) is 24.2 Å². The Labute approximate surface area is 152 Å². The standard InChI is InChI=1S/C19H20N2O5/c1-23-16-8-14(9-17(24-2)19(16)25-3)11-21-18(22)12-26-15-6-4-5-13(7-15)10-20/h4-9H,11-12H2,1-3H3,(H,21,22). The molecular weight excluding hydrogens is 336 g/mol. The van der Waals surface area contributed by atoms with Gasteiger partial charge in [-0.25, -0.2) is 0 Å². The first-order valence-corrected chi connectivity index (χ1v) is 7.79. The largest absolute Gasteiger partial charge is 0.493 e. The number of benzene rings is 2. The molecule has 0 bridgehead atoms. The van der Waals surface area contributed by atoms with E-state index in [-0.39, 0.29) is 19.1 Å². The summed E-state index contributed by atoms with van der Waals surface area (Å²) in [6.45, 7) is 0.121. The van der Waals surface area contributed by atoms with Gasteiger partial charge < -0.3 is 24.3 Å². The van der Waals surface area contributed by atoms with Crippen LogP contribution in [0, 0.1) is 11.3 Å². The molecule has 0 aliphatic rings. The highest BCUT2D eigenvalue weighted by atomic mass is 16.5. The topological polar surface area (TPSA) is 89.8 Å². The molecule has 2 rings (SSSR count). The van der Waals surface area contributed by atoms with Crippen LogP contribution < -0.4 is 24.3 Å². The van der Waals surface area contributed by atoms with Crippen LogP contribution in [0.5, 0.6) is 23.0 Å². The summed E-state index contributed by atoms with van der Waals surface area (Å²) >= 11 is 0. The molecule has 0 aliphatic carbocycles. The van der Waals surface area contributed by atoms with Crippen molar-refractivity contribution in [1.82, 2.24) is 5.32 Å². The first kappa shape index (κ1) is 18.9. The number of nitriles is 1. The van der Waals surface area contributed by atoms with E-state index in [0.717, 1.165) is 5.56 Å². The van der Waals surface area contributed by atoms with Crippen molar-refractivity contribution >= 4 is 5.91 Å². The van der Waals surface area contributed by atoms with E-state index in [1.165, 1.54) is 21.3 Å². The normalized spacial score (nSPS) is 9.77. The Morgan fingerprint density at radius 3 is 2.35 bits per heavy atom. The lowest BCUT2D eigenvalue weighted by Gasteiger charge is -2.14. The third-order valence-electron chi connectivity index (χ3n) is 3.55. The number of hydrogen-bond donors (Lipinski definition) is 1. The van der Waals surface area contributed by atoms with Gasteiger partial charge in [-0.05, 0) is 35.9 Å². The van der Waals surface area contributed by atoms with Crippen molar-refractivity contribution in [1.29, 1.82) is 5.26 Å². The molecule has 7 heteroatoms. The van der Waals surface area contributed by atoms with Crippen LogP contribution in [0.3, 0.4) is 0 Å². The van der Waals surface area contributed by atoms with E-state index in [2.05, 4.69) is 5.32 Å². The molecule has 0 aliphatic heterocycles. The maximum atomic E-state index is 12.0. The zero-order chi connectivity index (χ0) is 18.9. The number of methoxy groups -OCH3 is 3. The molecule has 0 aromatic heterocycles. The monoisotopic (exact) mass is 356 g/mol. The van der Waals surface area contributed by atoms with E-state index < -0.39 is 0 Å². The molecule has 7 nitrogen and oxygen atoms in total. The van der Waals surface area contributed by atoms with Crippen LogP contribution in [0.25, 0.3) is 0 Å². The molecule has 136 valence electrons. The number of ether oxygens (including phenoxy) is 4. The summed E-state index contributed by atoms with van der Waals surface area (Å²) in [5.74, 6) is 1.69. The van der Waals surface area contributed by atoms with Crippen molar-refractivity contribution in [3.63, 3.8) is 0 Å². The quantitative estimate of drug-likeness (QED) is 0.780. The van der Waals surface area contributed by atoms with Crippen LogP contribution in [0.4, 0.5) is 0 Å². The minimum absolute atomic E-state index is 0.153. The van der Waals surface area contributed by atoms with Crippen LogP contribution in [0.15, 0.2) is 36.4 Å². The van der Waals surface area contributed by atoms with Gasteiger partial charge >= 0.3 is 0 Å². The molecule has 0 spiro atoms. The second-order valence-corrected chi connectivity index (χ2v) is 5.24. The summed E-state index contributed by atoms with van der Waals surface area (Å²) in [4.78, 5) is 12.0. The molecule has 0 unspecified atom stereocenters. The molecule has 2 aromatic carbocycles. The molecule has 0 saturated heterocycles. The first-order valence-electron chi connectivity index (χ1n) is 7.79. The van der Waals surface area contributed by atoms with Gasteiger partial charge in [0.2, 0.25) is 5.75 Å². The van der Waals surface area contributed by atoms with Gasteiger partial charge in [0.05, 0.1) is 33.0 Å². The van der Waals surface area contributed by atoms with Crippen molar-refractivity contribution in [3.05, 3.63) is 47.5 Å². The Balaban J connectivity index is 1.95. The number of rotatable bonds is 8. The molecule has 0 fully saturated rings. The van der Waals surface area contributed by atoms with Crippen LogP contribution in [-0.2, 0) is 11.3 Å². The molecule has 0 heterocycles. The average Bonchev–Trinajstić information content (AvgIpc) is 2.69. The maximum absolute atomic E-state index is 12.0. The Bertz CT molecular complexity index is 789.